The number of pyridine rings is 1. The molecule has 42 heavy (non-hydrogen) atoms. The van der Waals surface area contributed by atoms with E-state index in [0.717, 1.165) is 0 Å². The van der Waals surface area contributed by atoms with Crippen LogP contribution in [0.2, 0.25) is 0 Å². The first-order valence-electron chi connectivity index (χ1n) is 14.4. The first-order valence-corrected chi connectivity index (χ1v) is 15.2. The van der Waals surface area contributed by atoms with Crippen molar-refractivity contribution in [2.45, 2.75) is 16.9 Å². The standard InChI is InChI=1S/C39H28N2S/c1-2-13-37-34(12-1)36-26-30(14-16-38(36)41(37)33-11-6-9-29(24-33)28-18-20-40-21-19-28)31-15-17-39-35(25-31)32-10-5-8-27(23-32)7-3-4-22-42-39/h1-26,36,38H/b7-3-,22-4+. The molecule has 3 heteroatoms. The molecular formula is C39H28N2S. The summed E-state index contributed by atoms with van der Waals surface area (Å²) >= 11 is 1.78. The Morgan fingerprint density at radius 2 is 1.55 bits per heavy atom. The average Bonchev–Trinajstić information content (AvgIpc) is 3.39. The van der Waals surface area contributed by atoms with Gasteiger partial charge in [0, 0.05) is 34.6 Å². The highest BCUT2D eigenvalue weighted by molar-refractivity contribution is 8.02. The lowest BCUT2D eigenvalue weighted by Crippen LogP contribution is -2.29. The van der Waals surface area contributed by atoms with Crippen LogP contribution in [0.4, 0.5) is 11.4 Å². The van der Waals surface area contributed by atoms with Crippen molar-refractivity contribution in [3.8, 4) is 22.3 Å². The summed E-state index contributed by atoms with van der Waals surface area (Å²) in [5, 5.41) is 2.17. The molecule has 3 heterocycles. The lowest BCUT2D eigenvalue weighted by Gasteiger charge is -2.30. The number of hydrogen-bond acceptors (Lipinski definition) is 3. The maximum absolute atomic E-state index is 4.20. The summed E-state index contributed by atoms with van der Waals surface area (Å²) in [6.07, 6.45) is 17.3. The first-order chi connectivity index (χ1) is 20.8. The van der Waals surface area contributed by atoms with Crippen LogP contribution < -0.4 is 4.90 Å². The van der Waals surface area contributed by atoms with Gasteiger partial charge >= 0.3 is 0 Å². The van der Waals surface area contributed by atoms with Gasteiger partial charge in [-0.15, -0.1) is 0 Å². The molecule has 4 aromatic carbocycles. The van der Waals surface area contributed by atoms with Crippen molar-refractivity contribution in [1.29, 1.82) is 0 Å². The van der Waals surface area contributed by atoms with Crippen molar-refractivity contribution in [2.75, 3.05) is 4.90 Å². The molecule has 2 atom stereocenters. The Balaban J connectivity index is 1.18. The molecule has 5 aromatic rings. The molecule has 3 aliphatic rings. The second kappa shape index (κ2) is 10.5. The highest BCUT2D eigenvalue weighted by Crippen LogP contribution is 2.49. The van der Waals surface area contributed by atoms with Crippen molar-refractivity contribution < 1.29 is 0 Å². The summed E-state index contributed by atoms with van der Waals surface area (Å²) in [5.41, 5.74) is 12.5. The molecule has 1 aromatic heterocycles. The summed E-state index contributed by atoms with van der Waals surface area (Å²) in [6.45, 7) is 0. The van der Waals surface area contributed by atoms with Gasteiger partial charge in [0.05, 0.1) is 6.04 Å². The molecule has 2 unspecified atom stereocenters. The van der Waals surface area contributed by atoms with E-state index in [1.807, 2.05) is 12.4 Å². The average molecular weight is 557 g/mol. The number of para-hydroxylation sites is 1. The first kappa shape index (κ1) is 24.9. The number of nitrogens with zero attached hydrogens (tertiary/aromatic N) is 2. The molecule has 0 fully saturated rings. The van der Waals surface area contributed by atoms with Crippen LogP contribution in [0, 0.1) is 0 Å². The molecule has 2 aliphatic heterocycles. The molecule has 2 nitrogen and oxygen atoms in total. The van der Waals surface area contributed by atoms with E-state index in [-0.39, 0.29) is 12.0 Å². The van der Waals surface area contributed by atoms with Crippen LogP contribution in [0.5, 0.6) is 0 Å². The number of thioether (sulfide) groups is 1. The zero-order valence-corrected chi connectivity index (χ0v) is 23.8. The Morgan fingerprint density at radius 1 is 0.667 bits per heavy atom. The van der Waals surface area contributed by atoms with Crippen molar-refractivity contribution in [2.24, 2.45) is 0 Å². The fourth-order valence-corrected chi connectivity index (χ4v) is 7.16. The summed E-state index contributed by atoms with van der Waals surface area (Å²) in [4.78, 5) is 7.97. The number of aromatic nitrogens is 1. The number of hydrogen-bond donors (Lipinski definition) is 0. The molecule has 1 aliphatic carbocycles. The van der Waals surface area contributed by atoms with E-state index in [4.69, 9.17) is 0 Å². The Bertz CT molecular complexity index is 1930. The minimum atomic E-state index is 0.222. The maximum Gasteiger partial charge on any atom is 0.0630 e. The van der Waals surface area contributed by atoms with Gasteiger partial charge in [0.1, 0.15) is 0 Å². The molecule has 0 spiro atoms. The van der Waals surface area contributed by atoms with Gasteiger partial charge in [-0.25, -0.2) is 0 Å². The minimum Gasteiger partial charge on any atom is -0.333 e. The Hall–Kier alpha value is -4.86. The maximum atomic E-state index is 4.20. The summed E-state index contributed by atoms with van der Waals surface area (Å²) in [7, 11) is 0. The highest BCUT2D eigenvalue weighted by atomic mass is 32.2. The van der Waals surface area contributed by atoms with E-state index < -0.39 is 0 Å². The van der Waals surface area contributed by atoms with Gasteiger partial charge in [0.25, 0.3) is 0 Å². The molecule has 0 amide bonds. The highest BCUT2D eigenvalue weighted by Gasteiger charge is 2.38. The summed E-state index contributed by atoms with van der Waals surface area (Å²) in [5.74, 6) is 0.269. The van der Waals surface area contributed by atoms with E-state index in [0.29, 0.717) is 0 Å². The van der Waals surface area contributed by atoms with Crippen LogP contribution in [0.15, 0.2) is 156 Å². The smallest absolute Gasteiger partial charge is 0.0630 e. The van der Waals surface area contributed by atoms with Crippen LogP contribution >= 0.6 is 11.8 Å². The topological polar surface area (TPSA) is 16.1 Å². The van der Waals surface area contributed by atoms with Gasteiger partial charge in [-0.1, -0.05) is 103 Å². The second-order valence-electron chi connectivity index (χ2n) is 10.9. The van der Waals surface area contributed by atoms with Gasteiger partial charge in [-0.2, -0.15) is 0 Å². The summed E-state index contributed by atoms with van der Waals surface area (Å²) in [6, 6.07) is 37.8. The van der Waals surface area contributed by atoms with E-state index >= 15 is 0 Å². The second-order valence-corrected chi connectivity index (χ2v) is 11.8. The van der Waals surface area contributed by atoms with Gasteiger partial charge in [-0.3, -0.25) is 4.98 Å². The van der Waals surface area contributed by atoms with Gasteiger partial charge in [-0.05, 0) is 98.5 Å². The molecule has 0 saturated carbocycles. The van der Waals surface area contributed by atoms with Crippen molar-refractivity contribution in [3.05, 3.63) is 168 Å². The van der Waals surface area contributed by atoms with E-state index in [9.17, 15) is 0 Å². The molecule has 0 radical (unpaired) electrons. The molecule has 8 rings (SSSR count). The van der Waals surface area contributed by atoms with Gasteiger partial charge < -0.3 is 4.90 Å². The van der Waals surface area contributed by atoms with Crippen molar-refractivity contribution in [3.63, 3.8) is 0 Å². The van der Waals surface area contributed by atoms with E-state index in [1.165, 1.54) is 60.8 Å². The van der Waals surface area contributed by atoms with Crippen LogP contribution in [-0.4, -0.2) is 11.0 Å². The monoisotopic (exact) mass is 556 g/mol. The zero-order chi connectivity index (χ0) is 27.9. The third-order valence-electron chi connectivity index (χ3n) is 8.38. The van der Waals surface area contributed by atoms with Crippen molar-refractivity contribution in [1.82, 2.24) is 4.98 Å². The SMILES string of the molecule is C1=CC2C(C=C1c1ccc3c(c1)-c1cccc(c1)/C=C\C=C\S3)c1ccccc1N2c1cccc(-c2ccncc2)c1. The lowest BCUT2D eigenvalue weighted by molar-refractivity contribution is 0.747. The molecule has 0 saturated heterocycles. The van der Waals surface area contributed by atoms with Crippen LogP contribution in [-0.2, 0) is 0 Å². The number of rotatable bonds is 3. The van der Waals surface area contributed by atoms with Crippen LogP contribution in [0.25, 0.3) is 33.9 Å². The largest absolute Gasteiger partial charge is 0.333 e. The number of fused-ring (bicyclic) bond motifs is 7. The minimum absolute atomic E-state index is 0.222. The molecule has 0 N–H and O–H groups in total. The molecule has 2 bridgehead atoms. The quantitative estimate of drug-likeness (QED) is 0.220. The normalized spacial score (nSPS) is 19.7. The van der Waals surface area contributed by atoms with E-state index in [2.05, 4.69) is 155 Å². The zero-order valence-electron chi connectivity index (χ0n) is 23.0. The number of benzene rings is 4. The third-order valence-corrected chi connectivity index (χ3v) is 9.28. The van der Waals surface area contributed by atoms with Crippen LogP contribution in [0.3, 0.4) is 0 Å². The fraction of sp³-hybridized carbons (Fsp3) is 0.0513. The van der Waals surface area contributed by atoms with Gasteiger partial charge in [0.15, 0.2) is 0 Å². The fourth-order valence-electron chi connectivity index (χ4n) is 6.40. The Kier molecular flexibility index (Phi) is 6.23. The number of anilines is 2. The molecular weight excluding hydrogens is 529 g/mol. The Morgan fingerprint density at radius 3 is 2.50 bits per heavy atom. The lowest BCUT2D eigenvalue weighted by atomic mass is 9.85. The van der Waals surface area contributed by atoms with E-state index in [1.54, 1.807) is 11.8 Å². The third kappa shape index (κ3) is 4.43. The Labute approximate surface area is 251 Å². The van der Waals surface area contributed by atoms with Crippen LogP contribution in [0.1, 0.15) is 22.6 Å². The molecule has 200 valence electrons. The number of allylic oxidation sites excluding steroid dienone is 4. The predicted molar refractivity (Wildman–Crippen MR) is 178 cm³/mol. The summed E-state index contributed by atoms with van der Waals surface area (Å²) < 4.78 is 0. The predicted octanol–water partition coefficient (Wildman–Crippen LogP) is 10.3. The van der Waals surface area contributed by atoms with Gasteiger partial charge in [0.2, 0.25) is 0 Å². The van der Waals surface area contributed by atoms with Crippen molar-refractivity contribution >= 4 is 34.8 Å².